The molecular weight excluding hydrogens is 192 g/mol. The van der Waals surface area contributed by atoms with Gasteiger partial charge in [0, 0.05) is 0 Å². The Bertz CT molecular complexity index is 169. The molecule has 0 aliphatic heterocycles. The lowest BCUT2D eigenvalue weighted by Crippen LogP contribution is -2.28. The molecule has 0 heterocycles. The molecule has 98 valence electrons. The molecule has 3 unspecified atom stereocenters. The lowest BCUT2D eigenvalue weighted by Gasteiger charge is -2.37. The van der Waals surface area contributed by atoms with Crippen molar-refractivity contribution in [2.24, 2.45) is 23.2 Å². The molecule has 0 aromatic carbocycles. The van der Waals surface area contributed by atoms with E-state index in [9.17, 15) is 0 Å². The molecule has 3 atom stereocenters. The Morgan fingerprint density at radius 3 is 2.00 bits per heavy atom. The molecule has 0 aromatic rings. The molecule has 0 aromatic heterocycles. The third-order valence-corrected chi connectivity index (χ3v) is 4.66. The molecule has 0 aliphatic carbocycles. The van der Waals surface area contributed by atoms with Crippen LogP contribution in [0.4, 0.5) is 0 Å². The van der Waals surface area contributed by atoms with Crippen LogP contribution in [0, 0.1) is 23.2 Å². The van der Waals surface area contributed by atoms with Crippen molar-refractivity contribution in [3.05, 3.63) is 0 Å². The van der Waals surface area contributed by atoms with Crippen molar-refractivity contribution in [1.29, 1.82) is 0 Å². The van der Waals surface area contributed by atoms with Crippen LogP contribution in [-0.2, 0) is 0 Å². The highest BCUT2D eigenvalue weighted by Gasteiger charge is 2.30. The number of unbranched alkanes of at least 4 members (excludes halogenated alkanes) is 1. The van der Waals surface area contributed by atoms with Gasteiger partial charge in [-0.25, -0.2) is 0 Å². The lowest BCUT2D eigenvalue weighted by molar-refractivity contribution is 0.125. The lowest BCUT2D eigenvalue weighted by atomic mass is 9.68. The van der Waals surface area contributed by atoms with Crippen LogP contribution in [0.15, 0.2) is 0 Å². The van der Waals surface area contributed by atoms with Gasteiger partial charge in [-0.1, -0.05) is 74.1 Å². The standard InChI is InChI=1S/C16H34/c1-8-10-11-13(3)12-16(6,7)15(5)14(4)9-2/h13-15H,8-12H2,1-7H3. The van der Waals surface area contributed by atoms with E-state index in [2.05, 4.69) is 48.5 Å². The summed E-state index contributed by atoms with van der Waals surface area (Å²) in [7, 11) is 0. The van der Waals surface area contributed by atoms with Gasteiger partial charge in [-0.15, -0.1) is 0 Å². The topological polar surface area (TPSA) is 0 Å². The zero-order valence-corrected chi connectivity index (χ0v) is 12.8. The summed E-state index contributed by atoms with van der Waals surface area (Å²) in [5.74, 6) is 2.58. The molecule has 0 N–H and O–H groups in total. The van der Waals surface area contributed by atoms with Gasteiger partial charge in [0.25, 0.3) is 0 Å². The second kappa shape index (κ2) is 7.35. The summed E-state index contributed by atoms with van der Waals surface area (Å²) < 4.78 is 0. The first-order chi connectivity index (χ1) is 7.35. The highest BCUT2D eigenvalue weighted by atomic mass is 14.4. The summed E-state index contributed by atoms with van der Waals surface area (Å²) in [6.45, 7) is 16.8. The van der Waals surface area contributed by atoms with Crippen LogP contribution in [0.3, 0.4) is 0 Å². The highest BCUT2D eigenvalue weighted by Crippen LogP contribution is 2.39. The summed E-state index contributed by atoms with van der Waals surface area (Å²) in [6, 6.07) is 0. The molecule has 16 heavy (non-hydrogen) atoms. The summed E-state index contributed by atoms with van der Waals surface area (Å²) >= 11 is 0. The fourth-order valence-electron chi connectivity index (χ4n) is 2.86. The maximum atomic E-state index is 2.46. The Morgan fingerprint density at radius 1 is 1.00 bits per heavy atom. The SMILES string of the molecule is CCCCC(C)CC(C)(C)C(C)C(C)CC. The molecule has 0 nitrogen and oxygen atoms in total. The third kappa shape index (κ3) is 5.37. The molecular formula is C16H34. The first-order valence-corrected chi connectivity index (χ1v) is 7.35. The van der Waals surface area contributed by atoms with Gasteiger partial charge in [-0.2, -0.15) is 0 Å². The maximum absolute atomic E-state index is 2.46. The Balaban J connectivity index is 4.20. The average Bonchev–Trinajstić information content (AvgIpc) is 2.23. The highest BCUT2D eigenvalue weighted by molar-refractivity contribution is 4.80. The van der Waals surface area contributed by atoms with Crippen LogP contribution in [0.2, 0.25) is 0 Å². The van der Waals surface area contributed by atoms with Crippen molar-refractivity contribution in [2.75, 3.05) is 0 Å². The number of hydrogen-bond acceptors (Lipinski definition) is 0. The molecule has 0 radical (unpaired) electrons. The quantitative estimate of drug-likeness (QED) is 0.482. The largest absolute Gasteiger partial charge is 0.0654 e. The van der Waals surface area contributed by atoms with E-state index in [0.29, 0.717) is 5.41 Å². The van der Waals surface area contributed by atoms with Crippen LogP contribution in [-0.4, -0.2) is 0 Å². The van der Waals surface area contributed by atoms with Gasteiger partial charge in [0.05, 0.1) is 0 Å². The van der Waals surface area contributed by atoms with E-state index in [1.165, 1.54) is 32.1 Å². The first kappa shape index (κ1) is 16.0. The predicted molar refractivity (Wildman–Crippen MR) is 75.7 cm³/mol. The minimum absolute atomic E-state index is 0.503. The van der Waals surface area contributed by atoms with Gasteiger partial charge in [-0.05, 0) is 29.6 Å². The van der Waals surface area contributed by atoms with Crippen LogP contribution < -0.4 is 0 Å². The van der Waals surface area contributed by atoms with E-state index in [1.807, 2.05) is 0 Å². The van der Waals surface area contributed by atoms with Gasteiger partial charge in [0.1, 0.15) is 0 Å². The normalized spacial score (nSPS) is 18.2. The minimum atomic E-state index is 0.503. The molecule has 0 aliphatic rings. The second-order valence-corrected chi connectivity index (χ2v) is 6.61. The summed E-state index contributed by atoms with van der Waals surface area (Å²) in [6.07, 6.45) is 6.85. The molecule has 0 saturated heterocycles. The zero-order chi connectivity index (χ0) is 12.8. The fraction of sp³-hybridized carbons (Fsp3) is 1.00. The second-order valence-electron chi connectivity index (χ2n) is 6.61. The van der Waals surface area contributed by atoms with Gasteiger partial charge in [-0.3, -0.25) is 0 Å². The molecule has 0 saturated carbocycles. The molecule has 0 fully saturated rings. The van der Waals surface area contributed by atoms with Crippen molar-refractivity contribution in [3.8, 4) is 0 Å². The molecule has 0 amide bonds. The fourth-order valence-corrected chi connectivity index (χ4v) is 2.86. The Hall–Kier alpha value is 0. The van der Waals surface area contributed by atoms with Crippen molar-refractivity contribution >= 4 is 0 Å². The molecule has 0 heteroatoms. The van der Waals surface area contributed by atoms with E-state index in [1.54, 1.807) is 0 Å². The van der Waals surface area contributed by atoms with Crippen molar-refractivity contribution in [1.82, 2.24) is 0 Å². The van der Waals surface area contributed by atoms with Crippen LogP contribution in [0.5, 0.6) is 0 Å². The summed E-state index contributed by atoms with van der Waals surface area (Å²) in [4.78, 5) is 0. The van der Waals surface area contributed by atoms with Crippen molar-refractivity contribution in [2.45, 2.75) is 80.6 Å². The van der Waals surface area contributed by atoms with E-state index in [0.717, 1.165) is 17.8 Å². The van der Waals surface area contributed by atoms with Gasteiger partial charge in [0.2, 0.25) is 0 Å². The number of hydrogen-bond donors (Lipinski definition) is 0. The van der Waals surface area contributed by atoms with E-state index in [4.69, 9.17) is 0 Å². The molecule has 0 rings (SSSR count). The maximum Gasteiger partial charge on any atom is -0.0323 e. The van der Waals surface area contributed by atoms with E-state index >= 15 is 0 Å². The van der Waals surface area contributed by atoms with Crippen LogP contribution >= 0.6 is 0 Å². The van der Waals surface area contributed by atoms with E-state index < -0.39 is 0 Å². The smallest absolute Gasteiger partial charge is 0.0323 e. The Kier molecular flexibility index (Phi) is 7.35. The molecule has 0 spiro atoms. The van der Waals surface area contributed by atoms with Gasteiger partial charge >= 0.3 is 0 Å². The first-order valence-electron chi connectivity index (χ1n) is 7.35. The van der Waals surface area contributed by atoms with Gasteiger partial charge < -0.3 is 0 Å². The van der Waals surface area contributed by atoms with Crippen LogP contribution in [0.25, 0.3) is 0 Å². The van der Waals surface area contributed by atoms with Gasteiger partial charge in [0.15, 0.2) is 0 Å². The minimum Gasteiger partial charge on any atom is -0.0654 e. The average molecular weight is 226 g/mol. The monoisotopic (exact) mass is 226 g/mol. The summed E-state index contributed by atoms with van der Waals surface area (Å²) in [5.41, 5.74) is 0.503. The van der Waals surface area contributed by atoms with Crippen molar-refractivity contribution < 1.29 is 0 Å². The van der Waals surface area contributed by atoms with Crippen molar-refractivity contribution in [3.63, 3.8) is 0 Å². The Morgan fingerprint density at radius 2 is 1.56 bits per heavy atom. The van der Waals surface area contributed by atoms with E-state index in [-0.39, 0.29) is 0 Å². The summed E-state index contributed by atoms with van der Waals surface area (Å²) in [5, 5.41) is 0. The third-order valence-electron chi connectivity index (χ3n) is 4.66. The predicted octanol–water partition coefficient (Wildman–Crippen LogP) is 5.91. The Labute approximate surface area is 104 Å². The van der Waals surface area contributed by atoms with Crippen LogP contribution in [0.1, 0.15) is 80.6 Å². The molecule has 0 bridgehead atoms. The zero-order valence-electron chi connectivity index (χ0n) is 12.8. The number of rotatable bonds is 8.